The lowest BCUT2D eigenvalue weighted by Crippen LogP contribution is -2.27. The summed E-state index contributed by atoms with van der Waals surface area (Å²) in [5.74, 6) is -2.00. The summed E-state index contributed by atoms with van der Waals surface area (Å²) >= 11 is 3.31. The summed E-state index contributed by atoms with van der Waals surface area (Å²) in [6, 6.07) is 21.8. The molecule has 0 aliphatic carbocycles. The lowest BCUT2D eigenvalue weighted by Gasteiger charge is -2.16. The number of hydrogen-bond acceptors (Lipinski definition) is 6. The highest BCUT2D eigenvalue weighted by Gasteiger charge is 2.36. The number of ketones is 1. The second-order valence-electron chi connectivity index (χ2n) is 7.69. The number of carbonyl (C=O) groups excluding carboxylic acids is 4. The molecule has 1 saturated heterocycles. The highest BCUT2D eigenvalue weighted by atomic mass is 79.9. The van der Waals surface area contributed by atoms with Crippen LogP contribution in [0, 0.1) is 5.92 Å². The molecule has 0 radical (unpaired) electrons. The molecule has 0 unspecified atom stereocenters. The van der Waals surface area contributed by atoms with Gasteiger partial charge >= 0.3 is 11.9 Å². The molecule has 0 N–H and O–H groups in total. The maximum Gasteiger partial charge on any atom is 0.343 e. The largest absolute Gasteiger partial charge is 0.457 e. The molecule has 0 bridgehead atoms. The van der Waals surface area contributed by atoms with Crippen LogP contribution < -0.4 is 9.64 Å². The fourth-order valence-corrected chi connectivity index (χ4v) is 3.79. The number of rotatable bonds is 7. The van der Waals surface area contributed by atoms with E-state index in [1.165, 1.54) is 24.3 Å². The van der Waals surface area contributed by atoms with Gasteiger partial charge in [0.25, 0.3) is 0 Å². The number of hydrogen-bond donors (Lipinski definition) is 0. The summed E-state index contributed by atoms with van der Waals surface area (Å²) in [6.07, 6.45) is 0.0420. The van der Waals surface area contributed by atoms with Crippen LogP contribution in [0.4, 0.5) is 5.69 Å². The molecule has 1 amide bonds. The Hall–Kier alpha value is -3.78. The number of para-hydroxylation sites is 1. The molecule has 34 heavy (non-hydrogen) atoms. The van der Waals surface area contributed by atoms with Crippen LogP contribution in [-0.4, -0.2) is 36.8 Å². The minimum absolute atomic E-state index is 0.0420. The predicted molar refractivity (Wildman–Crippen MR) is 128 cm³/mol. The molecule has 8 heteroatoms. The molecule has 172 valence electrons. The molecule has 1 fully saturated rings. The summed E-state index contributed by atoms with van der Waals surface area (Å²) < 4.78 is 11.3. The molecule has 4 rings (SSSR count). The minimum atomic E-state index is -0.624. The van der Waals surface area contributed by atoms with E-state index >= 15 is 0 Å². The van der Waals surface area contributed by atoms with Crippen LogP contribution in [0.2, 0.25) is 0 Å². The maximum absolute atomic E-state index is 12.4. The molecular weight excluding hydrogens is 502 g/mol. The van der Waals surface area contributed by atoms with E-state index in [2.05, 4.69) is 15.9 Å². The van der Waals surface area contributed by atoms with Gasteiger partial charge in [-0.3, -0.25) is 14.4 Å². The van der Waals surface area contributed by atoms with Crippen molar-refractivity contribution >= 4 is 45.2 Å². The number of amides is 1. The van der Waals surface area contributed by atoms with E-state index in [0.717, 1.165) is 10.2 Å². The van der Waals surface area contributed by atoms with Gasteiger partial charge in [-0.2, -0.15) is 0 Å². The van der Waals surface area contributed by atoms with E-state index < -0.39 is 30.2 Å². The van der Waals surface area contributed by atoms with Gasteiger partial charge in [-0.15, -0.1) is 0 Å². The minimum Gasteiger partial charge on any atom is -0.457 e. The third-order valence-electron chi connectivity index (χ3n) is 5.34. The second kappa shape index (κ2) is 10.4. The van der Waals surface area contributed by atoms with Gasteiger partial charge in [0.2, 0.25) is 5.91 Å². The SMILES string of the molecule is O=C(COC(=O)[C@H]1CC(=O)N(c2ccccc2)C1)c1ccc(OC(=O)c2ccc(Br)cc2)cc1. The van der Waals surface area contributed by atoms with Crippen LogP contribution in [0.3, 0.4) is 0 Å². The number of halogens is 1. The normalized spacial score (nSPS) is 15.1. The van der Waals surface area contributed by atoms with Crippen molar-refractivity contribution in [1.82, 2.24) is 0 Å². The van der Waals surface area contributed by atoms with Gasteiger partial charge in [-0.1, -0.05) is 34.1 Å². The molecule has 1 heterocycles. The van der Waals surface area contributed by atoms with Gasteiger partial charge in [0, 0.05) is 28.7 Å². The Balaban J connectivity index is 1.28. The lowest BCUT2D eigenvalue weighted by atomic mass is 10.1. The van der Waals surface area contributed by atoms with Crippen LogP contribution >= 0.6 is 15.9 Å². The first kappa shape index (κ1) is 23.4. The Bertz CT molecular complexity index is 1210. The van der Waals surface area contributed by atoms with Gasteiger partial charge in [0.1, 0.15) is 5.75 Å². The molecule has 3 aromatic rings. The Morgan fingerprint density at radius 2 is 1.53 bits per heavy atom. The zero-order valence-electron chi connectivity index (χ0n) is 18.0. The average molecular weight is 522 g/mol. The molecular formula is C26H20BrNO6. The maximum atomic E-state index is 12.4. The van der Waals surface area contributed by atoms with Gasteiger partial charge in [0.15, 0.2) is 12.4 Å². The Kier molecular flexibility index (Phi) is 7.18. The van der Waals surface area contributed by atoms with Crippen LogP contribution in [0.15, 0.2) is 83.3 Å². The first-order chi connectivity index (χ1) is 16.4. The van der Waals surface area contributed by atoms with Crippen LogP contribution in [0.25, 0.3) is 0 Å². The standard InChI is InChI=1S/C26H20BrNO6/c27-20-10-6-18(7-11-20)26(32)34-22-12-8-17(9-13-22)23(29)16-33-25(31)19-14-24(30)28(15-19)21-4-2-1-3-5-21/h1-13,19H,14-16H2/t19-/m0/s1. The smallest absolute Gasteiger partial charge is 0.343 e. The second-order valence-corrected chi connectivity index (χ2v) is 8.61. The number of nitrogens with zero attached hydrogens (tertiary/aromatic N) is 1. The molecule has 3 aromatic carbocycles. The topological polar surface area (TPSA) is 90.0 Å². The van der Waals surface area contributed by atoms with Crippen LogP contribution in [0.1, 0.15) is 27.1 Å². The van der Waals surface area contributed by atoms with E-state index in [9.17, 15) is 19.2 Å². The highest BCUT2D eigenvalue weighted by Crippen LogP contribution is 2.25. The Morgan fingerprint density at radius 1 is 0.882 bits per heavy atom. The molecule has 7 nitrogen and oxygen atoms in total. The molecule has 1 aliphatic rings. The monoisotopic (exact) mass is 521 g/mol. The number of benzene rings is 3. The fourth-order valence-electron chi connectivity index (χ4n) is 3.52. The zero-order valence-corrected chi connectivity index (χ0v) is 19.6. The summed E-state index contributed by atoms with van der Waals surface area (Å²) in [4.78, 5) is 50.9. The highest BCUT2D eigenvalue weighted by molar-refractivity contribution is 9.10. The lowest BCUT2D eigenvalue weighted by molar-refractivity contribution is -0.147. The van der Waals surface area contributed by atoms with Crippen LogP contribution in [0.5, 0.6) is 5.75 Å². The van der Waals surface area contributed by atoms with Crippen molar-refractivity contribution in [3.05, 3.63) is 94.5 Å². The van der Waals surface area contributed by atoms with E-state index in [4.69, 9.17) is 9.47 Å². The van der Waals surface area contributed by atoms with Gasteiger partial charge < -0.3 is 14.4 Å². The Morgan fingerprint density at radius 3 is 2.21 bits per heavy atom. The summed E-state index contributed by atoms with van der Waals surface area (Å²) in [7, 11) is 0. The number of anilines is 1. The quantitative estimate of drug-likeness (QED) is 0.259. The van der Waals surface area contributed by atoms with Crippen molar-refractivity contribution < 1.29 is 28.7 Å². The average Bonchev–Trinajstić information content (AvgIpc) is 3.25. The summed E-state index contributed by atoms with van der Waals surface area (Å²) in [6.45, 7) is -0.221. The first-order valence-electron chi connectivity index (χ1n) is 10.5. The van der Waals surface area contributed by atoms with Crippen molar-refractivity contribution in [2.24, 2.45) is 5.92 Å². The van der Waals surface area contributed by atoms with Gasteiger partial charge in [-0.05, 0) is 60.7 Å². The van der Waals surface area contributed by atoms with Gasteiger partial charge in [0.05, 0.1) is 11.5 Å². The fraction of sp³-hybridized carbons (Fsp3) is 0.154. The summed E-state index contributed by atoms with van der Waals surface area (Å²) in [5.41, 5.74) is 1.43. The first-order valence-corrected chi connectivity index (χ1v) is 11.3. The molecule has 1 atom stereocenters. The van der Waals surface area contributed by atoms with E-state index in [1.54, 1.807) is 41.3 Å². The van der Waals surface area contributed by atoms with Crippen molar-refractivity contribution in [1.29, 1.82) is 0 Å². The zero-order chi connectivity index (χ0) is 24.1. The van der Waals surface area contributed by atoms with Crippen LogP contribution in [-0.2, 0) is 14.3 Å². The molecule has 1 aliphatic heterocycles. The molecule has 0 spiro atoms. The molecule has 0 saturated carbocycles. The van der Waals surface area contributed by atoms with Gasteiger partial charge in [-0.25, -0.2) is 4.79 Å². The van der Waals surface area contributed by atoms with E-state index in [1.807, 2.05) is 18.2 Å². The number of esters is 2. The number of ether oxygens (including phenoxy) is 2. The van der Waals surface area contributed by atoms with E-state index in [0.29, 0.717) is 11.1 Å². The summed E-state index contributed by atoms with van der Waals surface area (Å²) in [5, 5.41) is 0. The Labute approximate surface area is 204 Å². The van der Waals surface area contributed by atoms with Crippen molar-refractivity contribution in [2.75, 3.05) is 18.1 Å². The van der Waals surface area contributed by atoms with E-state index in [-0.39, 0.29) is 24.6 Å². The predicted octanol–water partition coefficient (Wildman–Crippen LogP) is 4.45. The third kappa shape index (κ3) is 5.58. The number of Topliss-reactive ketones (excluding diaryl/α,β-unsaturated/α-hetero) is 1. The third-order valence-corrected chi connectivity index (χ3v) is 5.87. The van der Waals surface area contributed by atoms with Crippen molar-refractivity contribution in [3.63, 3.8) is 0 Å². The molecule has 0 aromatic heterocycles. The van der Waals surface area contributed by atoms with Crippen molar-refractivity contribution in [2.45, 2.75) is 6.42 Å². The van der Waals surface area contributed by atoms with Crippen molar-refractivity contribution in [3.8, 4) is 5.75 Å². The number of carbonyl (C=O) groups is 4.